The molecule has 0 aromatic heterocycles. The van der Waals surface area contributed by atoms with E-state index in [2.05, 4.69) is 135 Å². The predicted molar refractivity (Wildman–Crippen MR) is 463 cm³/mol. The lowest BCUT2D eigenvalue weighted by atomic mass is 10.0. The molecule has 0 rings (SSSR count). The summed E-state index contributed by atoms with van der Waals surface area (Å²) in [6, 6.07) is 0. The third-order valence-electron chi connectivity index (χ3n) is 20.2. The molecule has 618 valence electrons. The predicted octanol–water partition coefficient (Wildman–Crippen LogP) is 28.8. The Morgan fingerprint density at radius 3 is 0.794 bits per heavy atom. The molecule has 0 aliphatic rings. The Balaban J connectivity index is 3.94. The fourth-order valence-electron chi connectivity index (χ4n) is 13.3. The largest absolute Gasteiger partial charge is 0.545 e. The standard InChI is InChI=1S/C98H173NO8/c1-6-8-10-12-14-16-18-20-22-24-26-28-30-32-34-36-38-40-42-44-46-48-50-52-54-56-58-60-62-64-66-68-70-72-74-76-78-80-82-84-86-88-95(100)105-92-94(93-106-98(97(102)103)104-91-90-99(3,4)5)107-96(101)89-87-85-83-81-79-77-75-73-71-69-67-65-63-61-59-57-55-53-51-49-47-45-43-41-39-37-35-33-31-29-27-25-23-21-19-17-15-13-11-9-7-2/h9,11,15,17-18,20-21,23-24,26-27,29,33,35,39,41,45,47,51,53,94,98H,6-8,10,12-14,16,19,22,25,28,30-32,34,36-38,40,42-44,46,48-50,52,54-93H2,1-5H3/b11-9-,17-15-,20-18-,23-21-,26-24-,29-27-,35-33-,41-39-,47-45-,53-51-. The first-order chi connectivity index (χ1) is 52.6. The number of esters is 2. The lowest BCUT2D eigenvalue weighted by molar-refractivity contribution is -0.870. The number of carbonyl (C=O) groups is 3. The minimum atomic E-state index is -1.63. The smallest absolute Gasteiger partial charge is 0.306 e. The fourth-order valence-corrected chi connectivity index (χ4v) is 13.3. The van der Waals surface area contributed by atoms with Gasteiger partial charge >= 0.3 is 11.9 Å². The molecule has 0 fully saturated rings. The molecular weight excluding hydrogens is 1320 g/mol. The van der Waals surface area contributed by atoms with Gasteiger partial charge in [-0.3, -0.25) is 9.59 Å². The number of carboxylic acids is 1. The summed E-state index contributed by atoms with van der Waals surface area (Å²) in [5.74, 6) is -2.26. The molecule has 0 amide bonds. The topological polar surface area (TPSA) is 111 Å². The SMILES string of the molecule is CC/C=C\C/C=C\C/C=C\C/C=C\C/C=C\C/C=C\C/C=C\C/C=C\CCCCCCCCCCCCCCCCCCC(=O)OC(COC(=O)CCCCCCCCCCCCCCCCCCCCCCCCCCCCCCC/C=C\C/C=C\CCCCCCC)COC(OCC[N+](C)(C)C)C(=O)[O-]. The Bertz CT molecular complexity index is 2190. The molecule has 0 spiro atoms. The van der Waals surface area contributed by atoms with Crippen molar-refractivity contribution in [1.82, 2.24) is 0 Å². The van der Waals surface area contributed by atoms with E-state index in [1.807, 2.05) is 21.1 Å². The van der Waals surface area contributed by atoms with Gasteiger partial charge in [-0.15, -0.1) is 0 Å². The Morgan fingerprint density at radius 1 is 0.290 bits per heavy atom. The van der Waals surface area contributed by atoms with Gasteiger partial charge in [0, 0.05) is 12.8 Å². The van der Waals surface area contributed by atoms with Gasteiger partial charge in [-0.25, -0.2) is 0 Å². The first-order valence-corrected chi connectivity index (χ1v) is 45.7. The van der Waals surface area contributed by atoms with E-state index in [-0.39, 0.29) is 32.2 Å². The number of hydrogen-bond acceptors (Lipinski definition) is 8. The van der Waals surface area contributed by atoms with E-state index < -0.39 is 24.3 Å². The molecule has 0 aliphatic heterocycles. The molecule has 9 heteroatoms. The quantitative estimate of drug-likeness (QED) is 0.0195. The molecule has 107 heavy (non-hydrogen) atoms. The van der Waals surface area contributed by atoms with Gasteiger partial charge in [0.1, 0.15) is 13.2 Å². The molecule has 0 aliphatic carbocycles. The molecule has 0 saturated heterocycles. The second-order valence-electron chi connectivity index (χ2n) is 31.9. The maximum absolute atomic E-state index is 13.0. The first-order valence-electron chi connectivity index (χ1n) is 45.7. The van der Waals surface area contributed by atoms with E-state index in [0.29, 0.717) is 23.9 Å². The van der Waals surface area contributed by atoms with Crippen LogP contribution in [0.15, 0.2) is 122 Å². The second kappa shape index (κ2) is 87.3. The summed E-state index contributed by atoms with van der Waals surface area (Å²) in [6.45, 7) is 4.68. The number of rotatable bonds is 85. The number of aliphatic carboxylic acids is 1. The van der Waals surface area contributed by atoms with Gasteiger partial charge in [0.05, 0.1) is 40.3 Å². The molecule has 2 atom stereocenters. The van der Waals surface area contributed by atoms with E-state index >= 15 is 0 Å². The van der Waals surface area contributed by atoms with Crippen LogP contribution in [-0.4, -0.2) is 82.3 Å². The summed E-state index contributed by atoms with van der Waals surface area (Å²) in [6.07, 6.45) is 122. The Hall–Kier alpha value is -4.31. The highest BCUT2D eigenvalue weighted by Gasteiger charge is 2.22. The highest BCUT2D eigenvalue weighted by Crippen LogP contribution is 2.20. The highest BCUT2D eigenvalue weighted by molar-refractivity contribution is 5.70. The van der Waals surface area contributed by atoms with Gasteiger partial charge in [0.15, 0.2) is 12.4 Å². The van der Waals surface area contributed by atoms with Crippen molar-refractivity contribution >= 4 is 17.9 Å². The molecule has 0 N–H and O–H groups in total. The van der Waals surface area contributed by atoms with Crippen molar-refractivity contribution in [2.45, 2.75) is 437 Å². The summed E-state index contributed by atoms with van der Waals surface area (Å²) in [5, 5.41) is 11.9. The minimum absolute atomic E-state index is 0.147. The molecule has 0 aromatic rings. The number of likely N-dealkylation sites (N-methyl/N-ethyl adjacent to an activating group) is 1. The second-order valence-corrected chi connectivity index (χ2v) is 31.9. The molecule has 0 radical (unpaired) electrons. The van der Waals surface area contributed by atoms with Crippen molar-refractivity contribution in [3.8, 4) is 0 Å². The number of quaternary nitrogens is 1. The third kappa shape index (κ3) is 88.8. The third-order valence-corrected chi connectivity index (χ3v) is 20.2. The maximum Gasteiger partial charge on any atom is 0.306 e. The van der Waals surface area contributed by atoms with Gasteiger partial charge in [-0.1, -0.05) is 424 Å². The van der Waals surface area contributed by atoms with Gasteiger partial charge in [0.2, 0.25) is 0 Å². The summed E-state index contributed by atoms with van der Waals surface area (Å²) >= 11 is 0. The summed E-state index contributed by atoms with van der Waals surface area (Å²) in [4.78, 5) is 37.7. The van der Waals surface area contributed by atoms with Gasteiger partial charge in [-0.05, 0) is 109 Å². The van der Waals surface area contributed by atoms with Crippen molar-refractivity contribution in [3.05, 3.63) is 122 Å². The molecule has 2 unspecified atom stereocenters. The van der Waals surface area contributed by atoms with Crippen molar-refractivity contribution < 1.29 is 42.9 Å². The maximum atomic E-state index is 13.0. The zero-order valence-electron chi connectivity index (χ0n) is 71.0. The van der Waals surface area contributed by atoms with Crippen molar-refractivity contribution in [2.24, 2.45) is 0 Å². The van der Waals surface area contributed by atoms with Crippen LogP contribution in [-0.2, 0) is 33.3 Å². The van der Waals surface area contributed by atoms with Crippen LogP contribution < -0.4 is 5.11 Å². The summed E-state index contributed by atoms with van der Waals surface area (Å²) in [5.41, 5.74) is 0. The molecule has 0 heterocycles. The van der Waals surface area contributed by atoms with E-state index in [1.165, 1.54) is 295 Å². The van der Waals surface area contributed by atoms with Crippen LogP contribution in [0, 0.1) is 0 Å². The minimum Gasteiger partial charge on any atom is -0.545 e. The summed E-state index contributed by atoms with van der Waals surface area (Å²) in [7, 11) is 5.95. The number of carbonyl (C=O) groups excluding carboxylic acids is 3. The first kappa shape index (κ1) is 103. The monoisotopic (exact) mass is 1490 g/mol. The lowest BCUT2D eigenvalue weighted by Gasteiger charge is -2.26. The molecular formula is C98H173NO8. The van der Waals surface area contributed by atoms with Crippen LogP contribution in [0.4, 0.5) is 0 Å². The average Bonchev–Trinajstić information content (AvgIpc) is 0.965. The zero-order valence-corrected chi connectivity index (χ0v) is 71.0. The average molecular weight is 1490 g/mol. The van der Waals surface area contributed by atoms with Crippen molar-refractivity contribution in [1.29, 1.82) is 0 Å². The molecule has 0 bridgehead atoms. The Kier molecular flexibility index (Phi) is 83.8. The van der Waals surface area contributed by atoms with Crippen molar-refractivity contribution in [3.63, 3.8) is 0 Å². The van der Waals surface area contributed by atoms with E-state index in [1.54, 1.807) is 0 Å². The van der Waals surface area contributed by atoms with Crippen LogP contribution >= 0.6 is 0 Å². The summed E-state index contributed by atoms with van der Waals surface area (Å²) < 4.78 is 22.9. The van der Waals surface area contributed by atoms with Crippen molar-refractivity contribution in [2.75, 3.05) is 47.5 Å². The normalized spacial score (nSPS) is 13.2. The lowest BCUT2D eigenvalue weighted by Crippen LogP contribution is -2.44. The fraction of sp³-hybridized carbons (Fsp3) is 0.765. The van der Waals surface area contributed by atoms with E-state index in [0.717, 1.165) is 96.3 Å². The van der Waals surface area contributed by atoms with Crippen LogP contribution in [0.5, 0.6) is 0 Å². The molecule has 9 nitrogen and oxygen atoms in total. The van der Waals surface area contributed by atoms with E-state index in [4.69, 9.17) is 18.9 Å². The number of ether oxygens (including phenoxy) is 4. The Labute approximate surface area is 663 Å². The van der Waals surface area contributed by atoms with Crippen LogP contribution in [0.25, 0.3) is 0 Å². The van der Waals surface area contributed by atoms with Crippen LogP contribution in [0.3, 0.4) is 0 Å². The molecule has 0 saturated carbocycles. The van der Waals surface area contributed by atoms with E-state index in [9.17, 15) is 19.5 Å². The van der Waals surface area contributed by atoms with Crippen LogP contribution in [0.2, 0.25) is 0 Å². The highest BCUT2D eigenvalue weighted by atomic mass is 16.7. The number of nitrogens with zero attached hydrogens (tertiary/aromatic N) is 1. The number of carboxylic acid groups (broad SMARTS) is 1. The van der Waals surface area contributed by atoms with Gasteiger partial charge in [-0.2, -0.15) is 0 Å². The number of unbranched alkanes of at least 4 members (excludes halogenated alkanes) is 50. The van der Waals surface area contributed by atoms with Gasteiger partial charge < -0.3 is 33.3 Å². The van der Waals surface area contributed by atoms with Crippen LogP contribution in [0.1, 0.15) is 425 Å². The zero-order chi connectivity index (χ0) is 77.4. The Morgan fingerprint density at radius 2 is 0.533 bits per heavy atom. The number of allylic oxidation sites excluding steroid dienone is 20. The molecule has 0 aromatic carbocycles. The van der Waals surface area contributed by atoms with Gasteiger partial charge in [0.25, 0.3) is 0 Å². The number of hydrogen-bond donors (Lipinski definition) is 0.